The summed E-state index contributed by atoms with van der Waals surface area (Å²) in [6.07, 6.45) is 3.85. The maximum atomic E-state index is 6.11. The Labute approximate surface area is 159 Å². The minimum atomic E-state index is 0.203. The third-order valence-electron chi connectivity index (χ3n) is 5.10. The summed E-state index contributed by atoms with van der Waals surface area (Å²) in [4.78, 5) is 11.2. The smallest absolute Gasteiger partial charge is 0.257 e. The second-order valence-corrected chi connectivity index (χ2v) is 6.80. The van der Waals surface area contributed by atoms with Crippen LogP contribution in [0.1, 0.15) is 31.5 Å². The minimum Gasteiger partial charge on any atom is -0.490 e. The number of pyridine rings is 2. The molecule has 1 saturated heterocycles. The van der Waals surface area contributed by atoms with E-state index < -0.39 is 0 Å². The Balaban J connectivity index is 1.34. The summed E-state index contributed by atoms with van der Waals surface area (Å²) in [5, 5.41) is 0. The minimum absolute atomic E-state index is 0.203. The van der Waals surface area contributed by atoms with Crippen LogP contribution in [0, 0.1) is 0 Å². The van der Waals surface area contributed by atoms with Crippen LogP contribution in [0.3, 0.4) is 0 Å². The van der Waals surface area contributed by atoms with Crippen LogP contribution in [0.15, 0.2) is 30.5 Å². The van der Waals surface area contributed by atoms with Gasteiger partial charge in [-0.15, -0.1) is 0 Å². The number of hydrogen-bond acceptors (Lipinski definition) is 7. The van der Waals surface area contributed by atoms with Gasteiger partial charge in [0.15, 0.2) is 5.75 Å². The SMILES string of the molecule is COc1cc(OC2CCN(C(C)c3ccc4c(n3)OCCO4)CC2)ccn1. The lowest BCUT2D eigenvalue weighted by molar-refractivity contribution is 0.0778. The predicted molar refractivity (Wildman–Crippen MR) is 99.7 cm³/mol. The van der Waals surface area contributed by atoms with E-state index in [-0.39, 0.29) is 12.1 Å². The first kappa shape index (κ1) is 17.9. The molecule has 7 heteroatoms. The van der Waals surface area contributed by atoms with Gasteiger partial charge in [0.1, 0.15) is 25.1 Å². The van der Waals surface area contributed by atoms with Crippen molar-refractivity contribution in [3.63, 3.8) is 0 Å². The molecule has 4 heterocycles. The third kappa shape index (κ3) is 4.08. The van der Waals surface area contributed by atoms with E-state index in [0.717, 1.165) is 43.1 Å². The van der Waals surface area contributed by atoms with Gasteiger partial charge in [-0.1, -0.05) is 0 Å². The highest BCUT2D eigenvalue weighted by molar-refractivity contribution is 5.36. The number of rotatable bonds is 5. The fraction of sp³-hybridized carbons (Fsp3) is 0.500. The summed E-state index contributed by atoms with van der Waals surface area (Å²) in [5.41, 5.74) is 1.01. The second-order valence-electron chi connectivity index (χ2n) is 6.80. The Kier molecular flexibility index (Phi) is 5.29. The molecule has 0 radical (unpaired) electrons. The first-order valence-corrected chi connectivity index (χ1v) is 9.40. The van der Waals surface area contributed by atoms with Gasteiger partial charge in [0.2, 0.25) is 5.88 Å². The van der Waals surface area contributed by atoms with Crippen LogP contribution in [-0.2, 0) is 0 Å². The molecule has 0 N–H and O–H groups in total. The molecule has 0 saturated carbocycles. The molecule has 0 aromatic carbocycles. The van der Waals surface area contributed by atoms with Gasteiger partial charge in [-0.25, -0.2) is 9.97 Å². The van der Waals surface area contributed by atoms with Crippen molar-refractivity contribution in [2.24, 2.45) is 0 Å². The van der Waals surface area contributed by atoms with Crippen LogP contribution >= 0.6 is 0 Å². The lowest BCUT2D eigenvalue weighted by Crippen LogP contribution is -2.39. The summed E-state index contributed by atoms with van der Waals surface area (Å²) in [6.45, 7) is 5.25. The Morgan fingerprint density at radius 1 is 1.15 bits per heavy atom. The summed E-state index contributed by atoms with van der Waals surface area (Å²) >= 11 is 0. The molecule has 0 amide bonds. The fourth-order valence-electron chi connectivity index (χ4n) is 3.51. The van der Waals surface area contributed by atoms with Gasteiger partial charge in [-0.05, 0) is 38.0 Å². The molecule has 0 aliphatic carbocycles. The molecule has 27 heavy (non-hydrogen) atoms. The quantitative estimate of drug-likeness (QED) is 0.801. The molecule has 2 aliphatic heterocycles. The van der Waals surface area contributed by atoms with Crippen LogP contribution in [0.2, 0.25) is 0 Å². The van der Waals surface area contributed by atoms with E-state index in [1.165, 1.54) is 0 Å². The molecule has 2 aromatic heterocycles. The van der Waals surface area contributed by atoms with Gasteiger partial charge in [-0.2, -0.15) is 0 Å². The zero-order valence-corrected chi connectivity index (χ0v) is 15.8. The third-order valence-corrected chi connectivity index (χ3v) is 5.10. The maximum absolute atomic E-state index is 6.11. The van der Waals surface area contributed by atoms with Crippen LogP contribution in [0.25, 0.3) is 0 Å². The molecule has 0 spiro atoms. The fourth-order valence-corrected chi connectivity index (χ4v) is 3.51. The molecule has 2 aliphatic rings. The number of piperidine rings is 1. The monoisotopic (exact) mass is 371 g/mol. The lowest BCUT2D eigenvalue weighted by Gasteiger charge is -2.36. The molecule has 1 unspecified atom stereocenters. The number of nitrogens with zero attached hydrogens (tertiary/aromatic N) is 3. The van der Waals surface area contributed by atoms with Crippen molar-refractivity contribution in [3.8, 4) is 23.3 Å². The summed E-state index contributed by atoms with van der Waals surface area (Å²) in [6, 6.07) is 7.91. The van der Waals surface area contributed by atoms with Crippen molar-refractivity contribution in [2.75, 3.05) is 33.4 Å². The molecule has 0 bridgehead atoms. The van der Waals surface area contributed by atoms with Crippen molar-refractivity contribution in [1.82, 2.24) is 14.9 Å². The Hall–Kier alpha value is -2.54. The highest BCUT2D eigenvalue weighted by atomic mass is 16.6. The van der Waals surface area contributed by atoms with Crippen molar-refractivity contribution < 1.29 is 18.9 Å². The second kappa shape index (κ2) is 8.00. The Morgan fingerprint density at radius 2 is 1.96 bits per heavy atom. The van der Waals surface area contributed by atoms with Crippen molar-refractivity contribution in [1.29, 1.82) is 0 Å². The highest BCUT2D eigenvalue weighted by Crippen LogP contribution is 2.32. The molecule has 7 nitrogen and oxygen atoms in total. The van der Waals surface area contributed by atoms with Crippen LogP contribution < -0.4 is 18.9 Å². The van der Waals surface area contributed by atoms with Gasteiger partial charge in [0, 0.05) is 31.4 Å². The van der Waals surface area contributed by atoms with E-state index in [0.29, 0.717) is 25.0 Å². The first-order valence-electron chi connectivity index (χ1n) is 9.40. The number of ether oxygens (including phenoxy) is 4. The average Bonchev–Trinajstić information content (AvgIpc) is 2.73. The summed E-state index contributed by atoms with van der Waals surface area (Å²) in [5.74, 6) is 2.72. The molecule has 1 atom stereocenters. The number of aromatic nitrogens is 2. The number of fused-ring (bicyclic) bond motifs is 1. The van der Waals surface area contributed by atoms with Crippen molar-refractivity contribution in [2.45, 2.75) is 31.9 Å². The van der Waals surface area contributed by atoms with E-state index in [2.05, 4.69) is 21.8 Å². The van der Waals surface area contributed by atoms with Gasteiger partial charge < -0.3 is 18.9 Å². The van der Waals surface area contributed by atoms with E-state index in [4.69, 9.17) is 18.9 Å². The lowest BCUT2D eigenvalue weighted by atomic mass is 10.0. The van der Waals surface area contributed by atoms with E-state index in [1.54, 1.807) is 13.3 Å². The highest BCUT2D eigenvalue weighted by Gasteiger charge is 2.26. The zero-order valence-electron chi connectivity index (χ0n) is 15.8. The van der Waals surface area contributed by atoms with Crippen LogP contribution in [0.4, 0.5) is 0 Å². The van der Waals surface area contributed by atoms with Gasteiger partial charge >= 0.3 is 0 Å². The maximum Gasteiger partial charge on any atom is 0.257 e. The van der Waals surface area contributed by atoms with Gasteiger partial charge in [-0.3, -0.25) is 4.90 Å². The van der Waals surface area contributed by atoms with E-state index >= 15 is 0 Å². The summed E-state index contributed by atoms with van der Waals surface area (Å²) < 4.78 is 22.4. The van der Waals surface area contributed by atoms with E-state index in [9.17, 15) is 0 Å². The van der Waals surface area contributed by atoms with Gasteiger partial charge in [0.25, 0.3) is 5.88 Å². The van der Waals surface area contributed by atoms with Crippen LogP contribution in [0.5, 0.6) is 23.3 Å². The molecule has 1 fully saturated rings. The van der Waals surface area contributed by atoms with E-state index in [1.807, 2.05) is 24.3 Å². The van der Waals surface area contributed by atoms with Crippen molar-refractivity contribution >= 4 is 0 Å². The zero-order chi connectivity index (χ0) is 18.6. The standard InChI is InChI=1S/C20H25N3O4/c1-14(17-3-4-18-20(22-17)26-12-11-25-18)23-9-6-15(7-10-23)27-16-5-8-21-19(13-16)24-2/h3-5,8,13-15H,6-7,9-12H2,1-2H3. The normalized spacial score (nSPS) is 18.7. The van der Waals surface area contributed by atoms with Gasteiger partial charge in [0.05, 0.1) is 12.8 Å². The number of hydrogen-bond donors (Lipinski definition) is 0. The molecular weight excluding hydrogens is 346 g/mol. The first-order chi connectivity index (χ1) is 13.2. The topological polar surface area (TPSA) is 65.9 Å². The Bertz CT molecular complexity index is 778. The van der Waals surface area contributed by atoms with Crippen LogP contribution in [-0.4, -0.2) is 54.4 Å². The molecule has 4 rings (SSSR count). The molecule has 144 valence electrons. The Morgan fingerprint density at radius 3 is 2.78 bits per heavy atom. The van der Waals surface area contributed by atoms with Crippen molar-refractivity contribution in [3.05, 3.63) is 36.2 Å². The summed E-state index contributed by atoms with van der Waals surface area (Å²) in [7, 11) is 1.61. The predicted octanol–water partition coefficient (Wildman–Crippen LogP) is 2.86. The molecule has 2 aromatic rings. The largest absolute Gasteiger partial charge is 0.490 e. The average molecular weight is 371 g/mol. The molecular formula is C20H25N3O4. The number of methoxy groups -OCH3 is 1. The number of likely N-dealkylation sites (tertiary alicyclic amines) is 1.